The van der Waals surface area contributed by atoms with E-state index in [1.165, 1.54) is 11.3 Å². The SMILES string of the molecule is COc1ccc(OC)c(-c2nc(C)c(Cl)s2)c1. The average molecular weight is 270 g/mol. The molecule has 0 amide bonds. The van der Waals surface area contributed by atoms with Crippen LogP contribution in [0.2, 0.25) is 4.34 Å². The third-order valence-corrected chi connectivity index (χ3v) is 3.86. The van der Waals surface area contributed by atoms with Crippen LogP contribution in [-0.4, -0.2) is 19.2 Å². The molecule has 1 aromatic heterocycles. The maximum absolute atomic E-state index is 6.03. The van der Waals surface area contributed by atoms with E-state index in [1.54, 1.807) is 14.2 Å². The number of rotatable bonds is 3. The van der Waals surface area contributed by atoms with E-state index in [1.807, 2.05) is 25.1 Å². The van der Waals surface area contributed by atoms with Crippen molar-refractivity contribution in [3.05, 3.63) is 28.2 Å². The number of hydrogen-bond acceptors (Lipinski definition) is 4. The molecule has 0 bridgehead atoms. The average Bonchev–Trinajstić information content (AvgIpc) is 2.68. The smallest absolute Gasteiger partial charge is 0.129 e. The van der Waals surface area contributed by atoms with Crippen molar-refractivity contribution >= 4 is 22.9 Å². The van der Waals surface area contributed by atoms with Crippen LogP contribution in [0.15, 0.2) is 18.2 Å². The summed E-state index contributed by atoms with van der Waals surface area (Å²) in [5.41, 5.74) is 1.73. The minimum Gasteiger partial charge on any atom is -0.497 e. The molecule has 0 unspecified atom stereocenters. The van der Waals surface area contributed by atoms with E-state index in [2.05, 4.69) is 4.98 Å². The Morgan fingerprint density at radius 1 is 1.24 bits per heavy atom. The van der Waals surface area contributed by atoms with Crippen molar-refractivity contribution in [2.75, 3.05) is 14.2 Å². The van der Waals surface area contributed by atoms with Crippen LogP contribution in [0, 0.1) is 6.92 Å². The van der Waals surface area contributed by atoms with Crippen LogP contribution in [0.1, 0.15) is 5.69 Å². The van der Waals surface area contributed by atoms with Gasteiger partial charge in [-0.25, -0.2) is 4.98 Å². The Morgan fingerprint density at radius 3 is 2.53 bits per heavy atom. The standard InChI is InChI=1S/C12H12ClNO2S/c1-7-11(13)17-12(14-7)9-6-8(15-2)4-5-10(9)16-3/h4-6H,1-3H3. The topological polar surface area (TPSA) is 31.4 Å². The monoisotopic (exact) mass is 269 g/mol. The van der Waals surface area contributed by atoms with Crippen LogP contribution < -0.4 is 9.47 Å². The number of hydrogen-bond donors (Lipinski definition) is 0. The van der Waals surface area contributed by atoms with Gasteiger partial charge in [-0.15, -0.1) is 11.3 Å². The Morgan fingerprint density at radius 2 is 2.00 bits per heavy atom. The van der Waals surface area contributed by atoms with Crippen molar-refractivity contribution in [2.45, 2.75) is 6.92 Å². The molecule has 0 aliphatic rings. The molecule has 2 aromatic rings. The van der Waals surface area contributed by atoms with Crippen molar-refractivity contribution in [1.82, 2.24) is 4.98 Å². The second-order valence-electron chi connectivity index (χ2n) is 3.44. The molecule has 1 aromatic carbocycles. The minimum atomic E-state index is 0.699. The Hall–Kier alpha value is -1.26. The van der Waals surface area contributed by atoms with E-state index in [9.17, 15) is 0 Å². The molecule has 90 valence electrons. The number of aromatic nitrogens is 1. The van der Waals surface area contributed by atoms with Gasteiger partial charge in [0.05, 0.1) is 25.5 Å². The normalized spacial score (nSPS) is 10.4. The predicted octanol–water partition coefficient (Wildman–Crippen LogP) is 3.79. The molecule has 0 atom stereocenters. The number of aryl methyl sites for hydroxylation is 1. The Kier molecular flexibility index (Phi) is 3.54. The molecule has 0 fully saturated rings. The zero-order chi connectivity index (χ0) is 12.4. The lowest BCUT2D eigenvalue weighted by atomic mass is 10.2. The van der Waals surface area contributed by atoms with Gasteiger partial charge in [0.2, 0.25) is 0 Å². The van der Waals surface area contributed by atoms with Gasteiger partial charge in [0.1, 0.15) is 20.8 Å². The van der Waals surface area contributed by atoms with Gasteiger partial charge in [-0.2, -0.15) is 0 Å². The van der Waals surface area contributed by atoms with Crippen molar-refractivity contribution in [1.29, 1.82) is 0 Å². The van der Waals surface area contributed by atoms with Crippen molar-refractivity contribution < 1.29 is 9.47 Å². The summed E-state index contributed by atoms with van der Waals surface area (Å²) in [7, 11) is 3.26. The third kappa shape index (κ3) is 2.37. The summed E-state index contributed by atoms with van der Waals surface area (Å²) in [6, 6.07) is 5.61. The molecule has 0 saturated heterocycles. The largest absolute Gasteiger partial charge is 0.497 e. The molecule has 0 spiro atoms. The minimum absolute atomic E-state index is 0.699. The number of methoxy groups -OCH3 is 2. The Labute approximate surface area is 109 Å². The zero-order valence-electron chi connectivity index (χ0n) is 9.78. The molecule has 3 nitrogen and oxygen atoms in total. The van der Waals surface area contributed by atoms with Gasteiger partial charge in [0.15, 0.2) is 0 Å². The molecule has 1 heterocycles. The van der Waals surface area contributed by atoms with Crippen molar-refractivity contribution in [3.8, 4) is 22.1 Å². The summed E-state index contributed by atoms with van der Waals surface area (Å²) in [4.78, 5) is 4.42. The first-order chi connectivity index (χ1) is 8.15. The molecule has 0 aliphatic heterocycles. The first-order valence-corrected chi connectivity index (χ1v) is 6.20. The number of halogens is 1. The molecule has 0 N–H and O–H groups in total. The predicted molar refractivity (Wildman–Crippen MR) is 70.4 cm³/mol. The highest BCUT2D eigenvalue weighted by Crippen LogP contribution is 2.38. The molecule has 17 heavy (non-hydrogen) atoms. The summed E-state index contributed by atoms with van der Waals surface area (Å²) < 4.78 is 11.2. The van der Waals surface area contributed by atoms with E-state index in [-0.39, 0.29) is 0 Å². The molecule has 0 saturated carbocycles. The van der Waals surface area contributed by atoms with Crippen LogP contribution in [-0.2, 0) is 0 Å². The highest BCUT2D eigenvalue weighted by molar-refractivity contribution is 7.19. The first-order valence-electron chi connectivity index (χ1n) is 5.01. The molecule has 0 radical (unpaired) electrons. The number of nitrogens with zero attached hydrogens (tertiary/aromatic N) is 1. The Bertz CT molecular complexity index is 520. The van der Waals surface area contributed by atoms with Gasteiger partial charge in [-0.3, -0.25) is 0 Å². The number of ether oxygens (including phenoxy) is 2. The third-order valence-electron chi connectivity index (χ3n) is 2.38. The molecular weight excluding hydrogens is 258 g/mol. The first kappa shape index (κ1) is 12.2. The molecule has 2 rings (SSSR count). The second-order valence-corrected chi connectivity index (χ2v) is 5.05. The van der Waals surface area contributed by atoms with E-state index in [4.69, 9.17) is 21.1 Å². The summed E-state index contributed by atoms with van der Waals surface area (Å²) in [6.45, 7) is 1.88. The van der Waals surface area contributed by atoms with Gasteiger partial charge in [-0.05, 0) is 25.1 Å². The number of thiazole rings is 1. The summed E-state index contributed by atoms with van der Waals surface area (Å²) in [5, 5.41) is 0.836. The molecule has 0 aliphatic carbocycles. The maximum atomic E-state index is 6.03. The van der Waals surface area contributed by atoms with Gasteiger partial charge in [0, 0.05) is 0 Å². The van der Waals surface area contributed by atoms with E-state index in [0.717, 1.165) is 27.8 Å². The van der Waals surface area contributed by atoms with Crippen molar-refractivity contribution in [2.24, 2.45) is 0 Å². The van der Waals surface area contributed by atoms with Crippen LogP contribution in [0.25, 0.3) is 10.6 Å². The summed E-state index contributed by atoms with van der Waals surface area (Å²) in [5.74, 6) is 1.53. The Balaban J connectivity index is 2.55. The lowest BCUT2D eigenvalue weighted by Crippen LogP contribution is -1.90. The fourth-order valence-corrected chi connectivity index (χ4v) is 2.55. The van der Waals surface area contributed by atoms with Crippen molar-refractivity contribution in [3.63, 3.8) is 0 Å². The summed E-state index contributed by atoms with van der Waals surface area (Å²) in [6.07, 6.45) is 0. The van der Waals surface area contributed by atoms with E-state index < -0.39 is 0 Å². The highest BCUT2D eigenvalue weighted by Gasteiger charge is 2.13. The molecule has 5 heteroatoms. The quantitative estimate of drug-likeness (QED) is 0.850. The van der Waals surface area contributed by atoms with Gasteiger partial charge >= 0.3 is 0 Å². The van der Waals surface area contributed by atoms with Crippen LogP contribution in [0.5, 0.6) is 11.5 Å². The number of benzene rings is 1. The van der Waals surface area contributed by atoms with Crippen LogP contribution in [0.3, 0.4) is 0 Å². The van der Waals surface area contributed by atoms with Gasteiger partial charge in [-0.1, -0.05) is 11.6 Å². The van der Waals surface area contributed by atoms with Gasteiger partial charge < -0.3 is 9.47 Å². The van der Waals surface area contributed by atoms with E-state index >= 15 is 0 Å². The lowest BCUT2D eigenvalue weighted by Gasteiger charge is -2.07. The van der Waals surface area contributed by atoms with Crippen LogP contribution >= 0.6 is 22.9 Å². The lowest BCUT2D eigenvalue weighted by molar-refractivity contribution is 0.404. The fraction of sp³-hybridized carbons (Fsp3) is 0.250. The van der Waals surface area contributed by atoms with Crippen LogP contribution in [0.4, 0.5) is 0 Å². The molecular formula is C12H12ClNO2S. The fourth-order valence-electron chi connectivity index (χ4n) is 1.47. The van der Waals surface area contributed by atoms with Gasteiger partial charge in [0.25, 0.3) is 0 Å². The van der Waals surface area contributed by atoms with E-state index in [0.29, 0.717) is 4.34 Å². The second kappa shape index (κ2) is 4.94. The summed E-state index contributed by atoms with van der Waals surface area (Å²) >= 11 is 7.47. The highest BCUT2D eigenvalue weighted by atomic mass is 35.5. The maximum Gasteiger partial charge on any atom is 0.129 e. The zero-order valence-corrected chi connectivity index (χ0v) is 11.4.